The number of carbonyl (C=O) groups is 1. The Kier molecular flexibility index (Phi) is 6.50. The Bertz CT molecular complexity index is 1210. The van der Waals surface area contributed by atoms with Crippen LogP contribution in [0.3, 0.4) is 0 Å². The van der Waals surface area contributed by atoms with Gasteiger partial charge in [0.1, 0.15) is 23.9 Å². The summed E-state index contributed by atoms with van der Waals surface area (Å²) in [6.07, 6.45) is 2.15. The van der Waals surface area contributed by atoms with Crippen LogP contribution in [0.15, 0.2) is 12.5 Å². The van der Waals surface area contributed by atoms with Gasteiger partial charge in [-0.05, 0) is 63.6 Å². The molecular weight excluding hydrogens is 579 g/mol. The van der Waals surface area contributed by atoms with E-state index in [0.29, 0.717) is 17.9 Å². The zero-order valence-electron chi connectivity index (χ0n) is 19.5. The molecule has 0 spiro atoms. The van der Waals surface area contributed by atoms with Crippen molar-refractivity contribution in [1.29, 1.82) is 0 Å². The third-order valence-electron chi connectivity index (χ3n) is 5.69. The maximum Gasteiger partial charge on any atom is 0.424 e. The van der Waals surface area contributed by atoms with Gasteiger partial charge in [0, 0.05) is 27.8 Å². The summed E-state index contributed by atoms with van der Waals surface area (Å²) in [4.78, 5) is 20.4. The van der Waals surface area contributed by atoms with Crippen LogP contribution in [0.1, 0.15) is 47.1 Å². The lowest BCUT2D eigenvalue weighted by Crippen LogP contribution is -2.44. The quantitative estimate of drug-likeness (QED) is 0.432. The summed E-state index contributed by atoms with van der Waals surface area (Å²) in [5.74, 6) is -0.685. The van der Waals surface area contributed by atoms with Crippen LogP contribution in [-0.2, 0) is 24.0 Å². The molecule has 12 nitrogen and oxygen atoms in total. The summed E-state index contributed by atoms with van der Waals surface area (Å²) in [6, 6.07) is -0.174. The first-order valence-corrected chi connectivity index (χ1v) is 13.3. The van der Waals surface area contributed by atoms with Crippen molar-refractivity contribution in [2.24, 2.45) is 5.92 Å². The van der Waals surface area contributed by atoms with Gasteiger partial charge in [0.25, 0.3) is 0 Å². The number of aromatic nitrogens is 3. The third-order valence-corrected chi connectivity index (χ3v) is 7.40. The first-order valence-electron chi connectivity index (χ1n) is 10.8. The number of nitrogens with one attached hydrogen (secondary N) is 2. The lowest BCUT2D eigenvalue weighted by Gasteiger charge is -2.24. The van der Waals surface area contributed by atoms with E-state index in [9.17, 15) is 13.2 Å². The molecule has 188 valence electrons. The molecule has 1 saturated carbocycles. The summed E-state index contributed by atoms with van der Waals surface area (Å²) in [6.45, 7) is 8.81. The van der Waals surface area contributed by atoms with Crippen molar-refractivity contribution < 1.29 is 26.9 Å². The lowest BCUT2D eigenvalue weighted by molar-refractivity contribution is -0.159. The molecular formula is C20H29IN6O6S. The monoisotopic (exact) mass is 608 g/mol. The van der Waals surface area contributed by atoms with Crippen LogP contribution >= 0.6 is 22.6 Å². The van der Waals surface area contributed by atoms with Gasteiger partial charge in [-0.1, -0.05) is 0 Å². The standard InChI is InChI=1S/C20H29IN6O6S/c1-19(2,3)26-18(28)33-34(29,30)25-7-10-6-12(15-14(10)31-20(4,5)32-15)27-8-11(21)13-16(22)23-9-24-17(13)27/h8-10,12,14-15,25H,6-7H2,1-5H3,(H,26,28)(H2,22,23,24)/t10-,12-,14-,15+/m1/s1. The Balaban J connectivity index is 1.54. The molecule has 4 atom stereocenters. The topological polar surface area (TPSA) is 160 Å². The molecule has 0 unspecified atom stereocenters. The molecule has 0 radical (unpaired) electrons. The second-order valence-electron chi connectivity index (χ2n) is 10.0. The molecule has 1 saturated heterocycles. The molecule has 0 bridgehead atoms. The van der Waals surface area contributed by atoms with E-state index >= 15 is 0 Å². The highest BCUT2D eigenvalue weighted by Gasteiger charge is 2.55. The average molecular weight is 608 g/mol. The molecule has 4 rings (SSSR count). The number of hydrogen-bond donors (Lipinski definition) is 3. The van der Waals surface area contributed by atoms with E-state index in [0.717, 1.165) is 8.96 Å². The summed E-state index contributed by atoms with van der Waals surface area (Å²) in [5.41, 5.74) is 6.11. The highest BCUT2D eigenvalue weighted by atomic mass is 127. The molecule has 3 heterocycles. The van der Waals surface area contributed by atoms with Crippen molar-refractivity contribution in [3.63, 3.8) is 0 Å². The number of hydrogen-bond acceptors (Lipinski definition) is 9. The van der Waals surface area contributed by atoms with Gasteiger partial charge in [-0.25, -0.2) is 14.8 Å². The van der Waals surface area contributed by atoms with Crippen molar-refractivity contribution in [2.45, 2.75) is 70.6 Å². The summed E-state index contributed by atoms with van der Waals surface area (Å²) >= 11 is 2.19. The van der Waals surface area contributed by atoms with Gasteiger partial charge >= 0.3 is 16.4 Å². The van der Waals surface area contributed by atoms with E-state index in [1.54, 1.807) is 20.8 Å². The number of nitrogens with zero attached hydrogens (tertiary/aromatic N) is 3. The fourth-order valence-corrected chi connectivity index (χ4v) is 6.04. The van der Waals surface area contributed by atoms with Crippen molar-refractivity contribution in [1.82, 2.24) is 24.6 Å². The molecule has 2 aromatic heterocycles. The number of anilines is 1. The Hall–Kier alpha value is -1.75. The van der Waals surface area contributed by atoms with Crippen molar-refractivity contribution in [2.75, 3.05) is 12.3 Å². The molecule has 0 aromatic carbocycles. The smallest absolute Gasteiger partial charge is 0.383 e. The van der Waals surface area contributed by atoms with Gasteiger partial charge in [0.15, 0.2) is 5.79 Å². The van der Waals surface area contributed by atoms with Gasteiger partial charge in [-0.15, -0.1) is 0 Å². The van der Waals surface area contributed by atoms with Crippen LogP contribution in [-0.4, -0.2) is 59.1 Å². The molecule has 2 fully saturated rings. The van der Waals surface area contributed by atoms with E-state index in [4.69, 9.17) is 15.2 Å². The van der Waals surface area contributed by atoms with E-state index in [-0.39, 0.29) is 30.7 Å². The predicted octanol–water partition coefficient (Wildman–Crippen LogP) is 2.06. The Morgan fingerprint density at radius 2 is 2.00 bits per heavy atom. The summed E-state index contributed by atoms with van der Waals surface area (Å²) in [7, 11) is -4.32. The fourth-order valence-electron chi connectivity index (χ4n) is 4.51. The zero-order chi connectivity index (χ0) is 25.1. The number of nitrogen functional groups attached to an aromatic ring is 1. The fraction of sp³-hybridized carbons (Fsp3) is 0.650. The van der Waals surface area contributed by atoms with Gasteiger partial charge in [0.05, 0.1) is 17.5 Å². The second kappa shape index (κ2) is 8.72. The van der Waals surface area contributed by atoms with E-state index in [1.807, 2.05) is 24.6 Å². The summed E-state index contributed by atoms with van der Waals surface area (Å²) in [5, 5.41) is 3.22. The van der Waals surface area contributed by atoms with Crippen molar-refractivity contribution in [3.8, 4) is 0 Å². The number of nitrogens with two attached hydrogens (primary N) is 1. The number of carbonyl (C=O) groups excluding carboxylic acids is 1. The minimum Gasteiger partial charge on any atom is -0.383 e. The zero-order valence-corrected chi connectivity index (χ0v) is 22.5. The van der Waals surface area contributed by atoms with Crippen LogP contribution in [0.2, 0.25) is 0 Å². The van der Waals surface area contributed by atoms with Crippen LogP contribution < -0.4 is 15.8 Å². The maximum atomic E-state index is 12.4. The van der Waals surface area contributed by atoms with E-state index < -0.39 is 27.7 Å². The molecule has 1 amide bonds. The molecule has 1 aliphatic heterocycles. The molecule has 2 aromatic rings. The number of ether oxygens (including phenoxy) is 2. The van der Waals surface area contributed by atoms with Crippen molar-refractivity contribution >= 4 is 55.8 Å². The molecule has 34 heavy (non-hydrogen) atoms. The van der Waals surface area contributed by atoms with Crippen LogP contribution in [0.25, 0.3) is 11.0 Å². The molecule has 2 aliphatic rings. The molecule has 1 aliphatic carbocycles. The van der Waals surface area contributed by atoms with Crippen LogP contribution in [0.5, 0.6) is 0 Å². The lowest BCUT2D eigenvalue weighted by atomic mass is 10.1. The minimum atomic E-state index is -4.32. The van der Waals surface area contributed by atoms with Crippen LogP contribution in [0.4, 0.5) is 10.6 Å². The highest BCUT2D eigenvalue weighted by molar-refractivity contribution is 14.1. The number of amides is 1. The van der Waals surface area contributed by atoms with Gasteiger partial charge in [0.2, 0.25) is 0 Å². The first-order chi connectivity index (χ1) is 15.7. The first kappa shape index (κ1) is 25.3. The summed E-state index contributed by atoms with van der Waals surface area (Å²) < 4.78 is 47.0. The highest BCUT2D eigenvalue weighted by Crippen LogP contribution is 2.48. The largest absolute Gasteiger partial charge is 0.424 e. The third kappa shape index (κ3) is 5.24. The number of halogens is 1. The minimum absolute atomic E-state index is 0.00958. The average Bonchev–Trinajstić information content (AvgIpc) is 3.27. The number of rotatable bonds is 5. The SMILES string of the molecule is CC(C)(C)NC(=O)OS(=O)(=O)NC[C@H]1C[C@@H](n2cc(I)c3c(N)ncnc32)[C@@H]2OC(C)(C)O[C@H]12. The normalized spacial score (nSPS) is 26.5. The Labute approximate surface area is 211 Å². The maximum absolute atomic E-state index is 12.4. The van der Waals surface area contributed by atoms with E-state index in [2.05, 4.69) is 46.8 Å². The molecule has 4 N–H and O–H groups in total. The van der Waals surface area contributed by atoms with Crippen LogP contribution in [0, 0.1) is 9.49 Å². The van der Waals surface area contributed by atoms with Gasteiger partial charge in [-0.3, -0.25) is 0 Å². The second-order valence-corrected chi connectivity index (χ2v) is 12.5. The van der Waals surface area contributed by atoms with Crippen molar-refractivity contribution in [3.05, 3.63) is 16.1 Å². The number of fused-ring (bicyclic) bond motifs is 2. The van der Waals surface area contributed by atoms with Gasteiger partial charge in [-0.2, -0.15) is 13.1 Å². The predicted molar refractivity (Wildman–Crippen MR) is 132 cm³/mol. The Morgan fingerprint density at radius 3 is 2.68 bits per heavy atom. The Morgan fingerprint density at radius 1 is 1.32 bits per heavy atom. The van der Waals surface area contributed by atoms with E-state index in [1.165, 1.54) is 6.33 Å². The van der Waals surface area contributed by atoms with Gasteiger partial charge < -0.3 is 29.3 Å². The molecule has 14 heteroatoms.